The van der Waals surface area contributed by atoms with Crippen molar-refractivity contribution in [1.82, 2.24) is 24.3 Å². The highest BCUT2D eigenvalue weighted by atomic mass is 16.3. The van der Waals surface area contributed by atoms with Gasteiger partial charge in [-0.2, -0.15) is 0 Å². The zero-order valence-electron chi connectivity index (χ0n) is 18.3. The Hall–Kier alpha value is -3.42. The van der Waals surface area contributed by atoms with Gasteiger partial charge in [0.1, 0.15) is 0 Å². The van der Waals surface area contributed by atoms with Crippen LogP contribution in [0, 0.1) is 5.41 Å². The average molecular weight is 434 g/mol. The second kappa shape index (κ2) is 7.93. The van der Waals surface area contributed by atoms with Crippen LogP contribution in [0.2, 0.25) is 0 Å². The summed E-state index contributed by atoms with van der Waals surface area (Å²) in [6.45, 7) is 6.18. The first-order valence-corrected chi connectivity index (χ1v) is 11.0. The van der Waals surface area contributed by atoms with Crippen LogP contribution in [0.5, 0.6) is 0 Å². The van der Waals surface area contributed by atoms with Crippen LogP contribution in [-0.2, 0) is 11.3 Å². The minimum Gasteiger partial charge on any atom is -0.459 e. The molecule has 0 aromatic carbocycles. The van der Waals surface area contributed by atoms with Crippen molar-refractivity contribution in [3.63, 3.8) is 0 Å². The van der Waals surface area contributed by atoms with Crippen molar-refractivity contribution in [3.8, 4) is 0 Å². The van der Waals surface area contributed by atoms with Crippen molar-refractivity contribution in [2.24, 2.45) is 5.41 Å². The number of furan rings is 1. The maximum absolute atomic E-state index is 13.8. The quantitative estimate of drug-likeness (QED) is 0.617. The maximum Gasteiger partial charge on any atom is 0.289 e. The molecule has 2 fully saturated rings. The highest BCUT2D eigenvalue weighted by Crippen LogP contribution is 2.50. The van der Waals surface area contributed by atoms with Gasteiger partial charge in [0.05, 0.1) is 23.7 Å². The van der Waals surface area contributed by atoms with Gasteiger partial charge in [-0.3, -0.25) is 14.6 Å². The lowest BCUT2D eigenvalue weighted by Gasteiger charge is -2.27. The van der Waals surface area contributed by atoms with Crippen LogP contribution in [0.4, 0.5) is 0 Å². The summed E-state index contributed by atoms with van der Waals surface area (Å²) in [7, 11) is 0. The molecule has 2 amide bonds. The van der Waals surface area contributed by atoms with Gasteiger partial charge in [0.2, 0.25) is 5.91 Å². The van der Waals surface area contributed by atoms with Crippen LogP contribution in [-0.4, -0.2) is 55.8 Å². The average Bonchev–Trinajstić information content (AvgIpc) is 3.58. The topological polar surface area (TPSA) is 84.5 Å². The summed E-state index contributed by atoms with van der Waals surface area (Å²) in [4.78, 5) is 39.4. The van der Waals surface area contributed by atoms with Crippen LogP contribution in [0.15, 0.2) is 59.9 Å². The largest absolute Gasteiger partial charge is 0.459 e. The van der Waals surface area contributed by atoms with Crippen molar-refractivity contribution in [2.45, 2.75) is 38.8 Å². The van der Waals surface area contributed by atoms with Gasteiger partial charge < -0.3 is 18.8 Å². The lowest BCUT2D eigenvalue weighted by molar-refractivity contribution is -0.136. The van der Waals surface area contributed by atoms with Crippen LogP contribution in [0.25, 0.3) is 0 Å². The van der Waals surface area contributed by atoms with Crippen LogP contribution in [0.1, 0.15) is 54.0 Å². The molecule has 166 valence electrons. The van der Waals surface area contributed by atoms with E-state index in [1.54, 1.807) is 29.4 Å². The molecule has 2 aliphatic heterocycles. The number of hydrogen-bond donors (Lipinski definition) is 0. The molecule has 2 saturated heterocycles. The number of carbonyl (C=O) groups is 2. The summed E-state index contributed by atoms with van der Waals surface area (Å²) >= 11 is 0. The Labute approximate surface area is 186 Å². The number of nitrogens with zero attached hydrogens (tertiary/aromatic N) is 5. The zero-order valence-corrected chi connectivity index (χ0v) is 18.3. The smallest absolute Gasteiger partial charge is 0.289 e. The molecular formula is C24H27N5O3. The van der Waals surface area contributed by atoms with E-state index >= 15 is 0 Å². The number of pyridine rings is 1. The SMILES string of the molecule is CC(C)n1cnc([C@H]2CN(C(=O)c3ccco3)C[C@@]23CCN(Cc2cccnc2)C3=O)c1. The van der Waals surface area contributed by atoms with E-state index in [1.807, 2.05) is 34.1 Å². The van der Waals surface area contributed by atoms with Crippen molar-refractivity contribution < 1.29 is 14.0 Å². The Kier molecular flexibility index (Phi) is 5.07. The lowest BCUT2D eigenvalue weighted by atomic mass is 9.75. The molecule has 32 heavy (non-hydrogen) atoms. The van der Waals surface area contributed by atoms with Gasteiger partial charge in [-0.05, 0) is 44.0 Å². The molecule has 3 aromatic heterocycles. The van der Waals surface area contributed by atoms with Crippen LogP contribution >= 0.6 is 0 Å². The standard InChI is InChI=1S/C24H27N5O3/c1-17(2)29-14-20(26-16-29)19-13-28(22(30)21-6-4-10-32-21)15-24(19)7-9-27(23(24)31)12-18-5-3-8-25-11-18/h3-6,8,10-11,14,16-17,19H,7,9,12-13,15H2,1-2H3/t19-,24+/m1/s1. The number of hydrogen-bond acceptors (Lipinski definition) is 5. The third-order valence-electron chi connectivity index (χ3n) is 6.77. The number of rotatable bonds is 5. The molecule has 0 radical (unpaired) electrons. The molecule has 2 aliphatic rings. The van der Waals surface area contributed by atoms with E-state index < -0.39 is 5.41 Å². The van der Waals surface area contributed by atoms with Gasteiger partial charge in [-0.1, -0.05) is 6.07 Å². The summed E-state index contributed by atoms with van der Waals surface area (Å²) in [5.74, 6) is 0.0397. The molecule has 8 nitrogen and oxygen atoms in total. The Bertz CT molecular complexity index is 1110. The summed E-state index contributed by atoms with van der Waals surface area (Å²) in [5.41, 5.74) is 1.19. The van der Waals surface area contributed by atoms with Crippen molar-refractivity contribution in [2.75, 3.05) is 19.6 Å². The van der Waals surface area contributed by atoms with Crippen molar-refractivity contribution >= 4 is 11.8 Å². The number of aromatic nitrogens is 3. The van der Waals surface area contributed by atoms with E-state index in [2.05, 4.69) is 23.8 Å². The highest BCUT2D eigenvalue weighted by molar-refractivity contribution is 5.94. The molecule has 0 aliphatic carbocycles. The third kappa shape index (κ3) is 3.39. The summed E-state index contributed by atoms with van der Waals surface area (Å²) in [5, 5.41) is 0. The molecule has 2 atom stereocenters. The van der Waals surface area contributed by atoms with Crippen LogP contribution < -0.4 is 0 Å². The molecule has 5 heterocycles. The molecule has 0 unspecified atom stereocenters. The number of imidazole rings is 1. The molecule has 3 aromatic rings. The molecule has 0 saturated carbocycles. The predicted octanol–water partition coefficient (Wildman–Crippen LogP) is 3.11. The number of likely N-dealkylation sites (tertiary alicyclic amines) is 2. The zero-order chi connectivity index (χ0) is 22.3. The fourth-order valence-corrected chi connectivity index (χ4v) is 5.00. The lowest BCUT2D eigenvalue weighted by Crippen LogP contribution is -2.40. The van der Waals surface area contributed by atoms with Gasteiger partial charge in [0, 0.05) is 56.7 Å². The molecule has 0 bridgehead atoms. The molecule has 5 rings (SSSR count). The minimum absolute atomic E-state index is 0.0835. The number of carbonyl (C=O) groups excluding carboxylic acids is 2. The Morgan fingerprint density at radius 2 is 2.19 bits per heavy atom. The predicted molar refractivity (Wildman–Crippen MR) is 117 cm³/mol. The van der Waals surface area contributed by atoms with E-state index in [-0.39, 0.29) is 23.8 Å². The number of amides is 2. The minimum atomic E-state index is -0.680. The summed E-state index contributed by atoms with van der Waals surface area (Å²) in [6.07, 6.45) is 9.55. The molecule has 0 N–H and O–H groups in total. The first kappa shape index (κ1) is 20.5. The normalized spacial score (nSPS) is 23.1. The fraction of sp³-hybridized carbons (Fsp3) is 0.417. The van der Waals surface area contributed by atoms with Gasteiger partial charge in [-0.15, -0.1) is 0 Å². The van der Waals surface area contributed by atoms with E-state index in [1.165, 1.54) is 6.26 Å². The fourth-order valence-electron chi connectivity index (χ4n) is 5.00. The second-order valence-electron chi connectivity index (χ2n) is 9.05. The van der Waals surface area contributed by atoms with E-state index in [0.717, 1.165) is 11.3 Å². The van der Waals surface area contributed by atoms with E-state index in [0.29, 0.717) is 38.4 Å². The summed E-state index contributed by atoms with van der Waals surface area (Å²) < 4.78 is 7.40. The Morgan fingerprint density at radius 3 is 2.88 bits per heavy atom. The van der Waals surface area contributed by atoms with Crippen molar-refractivity contribution in [3.05, 3.63) is 72.5 Å². The van der Waals surface area contributed by atoms with Crippen LogP contribution in [0.3, 0.4) is 0 Å². The Balaban J connectivity index is 1.47. The second-order valence-corrected chi connectivity index (χ2v) is 9.05. The van der Waals surface area contributed by atoms with Gasteiger partial charge in [0.15, 0.2) is 5.76 Å². The van der Waals surface area contributed by atoms with Gasteiger partial charge in [-0.25, -0.2) is 4.98 Å². The molecule has 1 spiro atoms. The third-order valence-corrected chi connectivity index (χ3v) is 6.77. The Morgan fingerprint density at radius 1 is 1.31 bits per heavy atom. The first-order chi connectivity index (χ1) is 15.5. The van der Waals surface area contributed by atoms with Gasteiger partial charge >= 0.3 is 0 Å². The molecular weight excluding hydrogens is 406 g/mol. The molecule has 8 heteroatoms. The van der Waals surface area contributed by atoms with E-state index in [4.69, 9.17) is 4.42 Å². The monoisotopic (exact) mass is 433 g/mol. The highest BCUT2D eigenvalue weighted by Gasteiger charge is 2.58. The summed E-state index contributed by atoms with van der Waals surface area (Å²) in [6, 6.07) is 7.51. The first-order valence-electron chi connectivity index (χ1n) is 11.0. The van der Waals surface area contributed by atoms with E-state index in [9.17, 15) is 9.59 Å². The maximum atomic E-state index is 13.8. The van der Waals surface area contributed by atoms with Gasteiger partial charge in [0.25, 0.3) is 5.91 Å². The van der Waals surface area contributed by atoms with Crippen molar-refractivity contribution in [1.29, 1.82) is 0 Å².